The van der Waals surface area contributed by atoms with Crippen molar-refractivity contribution in [1.29, 1.82) is 0 Å². The van der Waals surface area contributed by atoms with Gasteiger partial charge in [0.2, 0.25) is 0 Å². The number of rotatable bonds is 7. The zero-order chi connectivity index (χ0) is 16.1. The predicted molar refractivity (Wildman–Crippen MR) is 87.7 cm³/mol. The van der Waals surface area contributed by atoms with Crippen LogP contribution in [-0.2, 0) is 19.8 Å². The summed E-state index contributed by atoms with van der Waals surface area (Å²) < 4.78 is 15.1. The largest absolute Gasteiger partial charge is 0.497 e. The molecule has 0 saturated carbocycles. The third-order valence-electron chi connectivity index (χ3n) is 3.45. The molecule has 1 aromatic carbocycles. The van der Waals surface area contributed by atoms with E-state index in [-0.39, 0.29) is 0 Å². The quantitative estimate of drug-likeness (QED) is 0.733. The number of methoxy groups -OCH3 is 2. The van der Waals surface area contributed by atoms with Crippen molar-refractivity contribution < 1.29 is 9.47 Å². The summed E-state index contributed by atoms with van der Waals surface area (Å²) in [6.07, 6.45) is 1.77. The Hall–Kier alpha value is -1.86. The lowest BCUT2D eigenvalue weighted by atomic mass is 10.2. The fourth-order valence-corrected chi connectivity index (χ4v) is 2.52. The molecular weight excluding hydrogens is 300 g/mol. The van der Waals surface area contributed by atoms with Crippen molar-refractivity contribution in [2.24, 2.45) is 0 Å². The highest BCUT2D eigenvalue weighted by atomic mass is 32.1. The Morgan fingerprint density at radius 1 is 1.27 bits per heavy atom. The molecule has 0 aliphatic rings. The van der Waals surface area contributed by atoms with Gasteiger partial charge in [0.05, 0.1) is 20.9 Å². The number of hydrogen-bond donors (Lipinski definition) is 0. The molecule has 1 aromatic heterocycles. The maximum absolute atomic E-state index is 5.43. The van der Waals surface area contributed by atoms with Crippen molar-refractivity contribution in [2.45, 2.75) is 26.7 Å². The second kappa shape index (κ2) is 7.42. The Bertz CT molecular complexity index is 680. The average molecular weight is 322 g/mol. The van der Waals surface area contributed by atoms with Crippen LogP contribution in [0.25, 0.3) is 0 Å². The lowest BCUT2D eigenvalue weighted by Gasteiger charge is -2.18. The van der Waals surface area contributed by atoms with Crippen LogP contribution in [-0.4, -0.2) is 40.5 Å². The third kappa shape index (κ3) is 3.66. The molecule has 2 aromatic rings. The van der Waals surface area contributed by atoms with Gasteiger partial charge in [-0.1, -0.05) is 6.07 Å². The number of aryl methyl sites for hydroxylation is 1. The smallest absolute Gasteiger partial charge is 0.198 e. The van der Waals surface area contributed by atoms with Crippen molar-refractivity contribution in [3.8, 4) is 11.5 Å². The van der Waals surface area contributed by atoms with Gasteiger partial charge in [0.25, 0.3) is 0 Å². The average Bonchev–Trinajstić information content (AvgIpc) is 2.87. The van der Waals surface area contributed by atoms with E-state index in [2.05, 4.69) is 10.00 Å². The third-order valence-corrected chi connectivity index (χ3v) is 3.89. The highest BCUT2D eigenvalue weighted by Crippen LogP contribution is 2.25. The van der Waals surface area contributed by atoms with Crippen molar-refractivity contribution >= 4 is 12.2 Å². The van der Waals surface area contributed by atoms with E-state index in [1.807, 2.05) is 41.4 Å². The Kier molecular flexibility index (Phi) is 5.57. The Morgan fingerprint density at radius 3 is 2.64 bits per heavy atom. The molecule has 6 nitrogen and oxygen atoms in total. The first kappa shape index (κ1) is 16.5. The molecule has 0 aliphatic carbocycles. The molecule has 0 amide bonds. The van der Waals surface area contributed by atoms with Gasteiger partial charge in [0.15, 0.2) is 4.77 Å². The molecule has 0 unspecified atom stereocenters. The molecule has 0 fully saturated rings. The first-order chi connectivity index (χ1) is 10.6. The van der Waals surface area contributed by atoms with Crippen LogP contribution in [0, 0.1) is 4.77 Å². The second-order valence-corrected chi connectivity index (χ2v) is 5.40. The fourth-order valence-electron chi connectivity index (χ4n) is 2.24. The van der Waals surface area contributed by atoms with Gasteiger partial charge in [0, 0.05) is 24.7 Å². The Labute approximate surface area is 135 Å². The van der Waals surface area contributed by atoms with Gasteiger partial charge in [-0.25, -0.2) is 4.68 Å². The van der Waals surface area contributed by atoms with Crippen LogP contribution in [0.4, 0.5) is 0 Å². The molecular formula is C15H22N4O2S. The van der Waals surface area contributed by atoms with E-state index >= 15 is 0 Å². The standard InChI is InChI=1S/C15H22N4O2S/c1-5-18-10-16-19(15(18)22)11-17(2)9-12-6-7-13(20-3)8-14(12)21-4/h6-8,10H,5,9,11H2,1-4H3. The van der Waals surface area contributed by atoms with Crippen molar-refractivity contribution in [3.05, 3.63) is 34.9 Å². The maximum Gasteiger partial charge on any atom is 0.198 e. The topological polar surface area (TPSA) is 44.5 Å². The molecule has 0 radical (unpaired) electrons. The zero-order valence-electron chi connectivity index (χ0n) is 13.4. The molecule has 7 heteroatoms. The first-order valence-corrected chi connectivity index (χ1v) is 7.51. The SMILES string of the molecule is CCn1cnn(CN(C)Cc2ccc(OC)cc2OC)c1=S. The molecule has 120 valence electrons. The van der Waals surface area contributed by atoms with Gasteiger partial charge in [-0.05, 0) is 32.3 Å². The van der Waals surface area contributed by atoms with Crippen LogP contribution in [0.5, 0.6) is 11.5 Å². The van der Waals surface area contributed by atoms with Gasteiger partial charge < -0.3 is 14.0 Å². The summed E-state index contributed by atoms with van der Waals surface area (Å²) in [5.41, 5.74) is 1.09. The summed E-state index contributed by atoms with van der Waals surface area (Å²) in [5.74, 6) is 1.60. The first-order valence-electron chi connectivity index (χ1n) is 7.10. The summed E-state index contributed by atoms with van der Waals surface area (Å²) in [7, 11) is 5.33. The molecule has 0 aliphatic heterocycles. The second-order valence-electron chi connectivity index (χ2n) is 5.03. The number of benzene rings is 1. The van der Waals surface area contributed by atoms with Crippen LogP contribution in [0.3, 0.4) is 0 Å². The van der Waals surface area contributed by atoms with Crippen LogP contribution in [0.1, 0.15) is 12.5 Å². The van der Waals surface area contributed by atoms with Crippen LogP contribution < -0.4 is 9.47 Å². The molecule has 2 rings (SSSR count). The van der Waals surface area contributed by atoms with Crippen molar-refractivity contribution in [2.75, 3.05) is 21.3 Å². The van der Waals surface area contributed by atoms with Gasteiger partial charge in [-0.15, -0.1) is 0 Å². The predicted octanol–water partition coefficient (Wildman–Crippen LogP) is 2.54. The summed E-state index contributed by atoms with van der Waals surface area (Å²) in [6, 6.07) is 5.84. The monoisotopic (exact) mass is 322 g/mol. The summed E-state index contributed by atoms with van der Waals surface area (Å²) in [5, 5.41) is 4.32. The normalized spacial score (nSPS) is 11.0. The zero-order valence-corrected chi connectivity index (χ0v) is 14.3. The van der Waals surface area contributed by atoms with E-state index in [4.69, 9.17) is 21.7 Å². The molecule has 1 heterocycles. The van der Waals surface area contributed by atoms with Gasteiger partial charge >= 0.3 is 0 Å². The molecule has 0 bridgehead atoms. The number of nitrogens with zero attached hydrogens (tertiary/aromatic N) is 4. The Morgan fingerprint density at radius 2 is 2.05 bits per heavy atom. The number of aromatic nitrogens is 3. The molecule has 0 atom stereocenters. The number of ether oxygens (including phenoxy) is 2. The minimum Gasteiger partial charge on any atom is -0.497 e. The van der Waals surface area contributed by atoms with E-state index in [0.29, 0.717) is 6.67 Å². The van der Waals surface area contributed by atoms with Crippen LogP contribution in [0.2, 0.25) is 0 Å². The minimum atomic E-state index is 0.626. The molecule has 0 N–H and O–H groups in total. The van der Waals surface area contributed by atoms with Crippen LogP contribution >= 0.6 is 12.2 Å². The summed E-state index contributed by atoms with van der Waals surface area (Å²) in [6.45, 7) is 4.23. The van der Waals surface area contributed by atoms with E-state index in [0.717, 1.165) is 34.9 Å². The van der Waals surface area contributed by atoms with Crippen molar-refractivity contribution in [1.82, 2.24) is 19.2 Å². The minimum absolute atomic E-state index is 0.626. The van der Waals surface area contributed by atoms with E-state index in [1.165, 1.54) is 0 Å². The summed E-state index contributed by atoms with van der Waals surface area (Å²) in [4.78, 5) is 2.13. The van der Waals surface area contributed by atoms with Crippen LogP contribution in [0.15, 0.2) is 24.5 Å². The van der Waals surface area contributed by atoms with E-state index < -0.39 is 0 Å². The lowest BCUT2D eigenvalue weighted by Crippen LogP contribution is -2.23. The van der Waals surface area contributed by atoms with Crippen molar-refractivity contribution in [3.63, 3.8) is 0 Å². The Balaban J connectivity index is 2.10. The van der Waals surface area contributed by atoms with Gasteiger partial charge in [0.1, 0.15) is 17.8 Å². The molecule has 22 heavy (non-hydrogen) atoms. The van der Waals surface area contributed by atoms with E-state index in [9.17, 15) is 0 Å². The highest BCUT2D eigenvalue weighted by molar-refractivity contribution is 7.71. The molecule has 0 spiro atoms. The lowest BCUT2D eigenvalue weighted by molar-refractivity contribution is 0.240. The highest BCUT2D eigenvalue weighted by Gasteiger charge is 2.09. The maximum atomic E-state index is 5.43. The summed E-state index contributed by atoms with van der Waals surface area (Å²) >= 11 is 5.38. The van der Waals surface area contributed by atoms with E-state index in [1.54, 1.807) is 20.5 Å². The molecule has 0 saturated heterocycles. The number of hydrogen-bond acceptors (Lipinski definition) is 5. The van der Waals surface area contributed by atoms with Gasteiger partial charge in [-0.2, -0.15) is 5.10 Å². The fraction of sp³-hybridized carbons (Fsp3) is 0.467. The van der Waals surface area contributed by atoms with Gasteiger partial charge in [-0.3, -0.25) is 4.90 Å².